The van der Waals surface area contributed by atoms with Gasteiger partial charge in [-0.1, -0.05) is 48.5 Å². The van der Waals surface area contributed by atoms with Gasteiger partial charge in [0.15, 0.2) is 11.0 Å². The molecule has 4 aromatic rings. The van der Waals surface area contributed by atoms with Crippen LogP contribution in [0, 0.1) is 20.8 Å². The van der Waals surface area contributed by atoms with Crippen LogP contribution in [-0.4, -0.2) is 18.4 Å². The van der Waals surface area contributed by atoms with E-state index >= 15 is 0 Å². The zero-order valence-corrected chi connectivity index (χ0v) is 18.7. The van der Waals surface area contributed by atoms with E-state index in [4.69, 9.17) is 4.42 Å². The van der Waals surface area contributed by atoms with Crippen LogP contribution in [0.1, 0.15) is 27.0 Å². The first-order valence-electron chi connectivity index (χ1n) is 10.6. The van der Waals surface area contributed by atoms with Crippen molar-refractivity contribution in [2.75, 3.05) is 11.9 Å². The second kappa shape index (κ2) is 9.12. The molecule has 0 spiro atoms. The standard InChI is InChI=1S/C27H24N2O4/c1-16-9-7-14-22(17(16)2)29-23(30)15-28-27(32)21-13-8-12-20-24(31)18(3)25(33-26(20)21)19-10-5-4-6-11-19/h4-14H,15H2,1-3H3,(H,28,32)(H,29,30). The molecule has 0 saturated heterocycles. The molecule has 33 heavy (non-hydrogen) atoms. The topological polar surface area (TPSA) is 88.4 Å². The lowest BCUT2D eigenvalue weighted by Gasteiger charge is -2.12. The molecule has 0 bridgehead atoms. The van der Waals surface area contributed by atoms with Gasteiger partial charge in [0, 0.05) is 16.8 Å². The number of carbonyl (C=O) groups is 2. The predicted octanol–water partition coefficient (Wildman–Crippen LogP) is 4.75. The number of para-hydroxylation sites is 1. The van der Waals surface area contributed by atoms with Crippen molar-refractivity contribution in [3.63, 3.8) is 0 Å². The summed E-state index contributed by atoms with van der Waals surface area (Å²) >= 11 is 0. The Hall–Kier alpha value is -4.19. The van der Waals surface area contributed by atoms with Crippen molar-refractivity contribution >= 4 is 28.5 Å². The van der Waals surface area contributed by atoms with Crippen molar-refractivity contribution in [3.8, 4) is 11.3 Å². The Morgan fingerprint density at radius 3 is 2.33 bits per heavy atom. The largest absolute Gasteiger partial charge is 0.455 e. The molecule has 1 heterocycles. The van der Waals surface area contributed by atoms with Crippen LogP contribution in [0.2, 0.25) is 0 Å². The smallest absolute Gasteiger partial charge is 0.255 e. The molecule has 0 atom stereocenters. The summed E-state index contributed by atoms with van der Waals surface area (Å²) in [6, 6.07) is 19.8. The Morgan fingerprint density at radius 2 is 1.58 bits per heavy atom. The van der Waals surface area contributed by atoms with E-state index in [0.29, 0.717) is 22.4 Å². The van der Waals surface area contributed by atoms with Crippen LogP contribution < -0.4 is 16.1 Å². The highest BCUT2D eigenvalue weighted by atomic mass is 16.3. The van der Waals surface area contributed by atoms with Crippen molar-refractivity contribution in [2.45, 2.75) is 20.8 Å². The summed E-state index contributed by atoms with van der Waals surface area (Å²) in [4.78, 5) is 38.3. The van der Waals surface area contributed by atoms with E-state index in [1.807, 2.05) is 62.4 Å². The summed E-state index contributed by atoms with van der Waals surface area (Å²) in [6.07, 6.45) is 0. The molecule has 0 saturated carbocycles. The van der Waals surface area contributed by atoms with Gasteiger partial charge in [-0.3, -0.25) is 14.4 Å². The summed E-state index contributed by atoms with van der Waals surface area (Å²) in [5.74, 6) is -0.427. The molecule has 4 rings (SSSR count). The normalized spacial score (nSPS) is 10.8. The van der Waals surface area contributed by atoms with Crippen molar-refractivity contribution in [1.82, 2.24) is 5.32 Å². The molecule has 166 valence electrons. The summed E-state index contributed by atoms with van der Waals surface area (Å²) in [5.41, 5.74) is 4.15. The van der Waals surface area contributed by atoms with Crippen LogP contribution in [-0.2, 0) is 4.79 Å². The van der Waals surface area contributed by atoms with Crippen molar-refractivity contribution in [3.05, 3.63) is 99.2 Å². The number of fused-ring (bicyclic) bond motifs is 1. The van der Waals surface area contributed by atoms with E-state index in [9.17, 15) is 14.4 Å². The average molecular weight is 440 g/mol. The van der Waals surface area contributed by atoms with Gasteiger partial charge in [-0.05, 0) is 50.1 Å². The van der Waals surface area contributed by atoms with Crippen molar-refractivity contribution in [2.24, 2.45) is 0 Å². The van der Waals surface area contributed by atoms with Gasteiger partial charge in [0.25, 0.3) is 5.91 Å². The van der Waals surface area contributed by atoms with Gasteiger partial charge in [-0.25, -0.2) is 0 Å². The highest BCUT2D eigenvalue weighted by Crippen LogP contribution is 2.27. The highest BCUT2D eigenvalue weighted by Gasteiger charge is 2.19. The second-order valence-electron chi connectivity index (χ2n) is 7.91. The first-order chi connectivity index (χ1) is 15.9. The average Bonchev–Trinajstić information content (AvgIpc) is 2.83. The molecule has 0 unspecified atom stereocenters. The number of hydrogen-bond acceptors (Lipinski definition) is 4. The first kappa shape index (κ1) is 22.0. The fourth-order valence-electron chi connectivity index (χ4n) is 3.69. The van der Waals surface area contributed by atoms with Gasteiger partial charge in [0.1, 0.15) is 5.76 Å². The summed E-state index contributed by atoms with van der Waals surface area (Å²) in [7, 11) is 0. The number of rotatable bonds is 5. The highest BCUT2D eigenvalue weighted by molar-refractivity contribution is 6.06. The van der Waals surface area contributed by atoms with Crippen molar-refractivity contribution < 1.29 is 14.0 Å². The van der Waals surface area contributed by atoms with Crippen LogP contribution >= 0.6 is 0 Å². The lowest BCUT2D eigenvalue weighted by molar-refractivity contribution is -0.115. The number of amides is 2. The Labute approximate surface area is 191 Å². The maximum atomic E-state index is 13.0. The van der Waals surface area contributed by atoms with E-state index in [-0.39, 0.29) is 29.0 Å². The fourth-order valence-corrected chi connectivity index (χ4v) is 3.69. The maximum Gasteiger partial charge on any atom is 0.255 e. The number of carbonyl (C=O) groups excluding carboxylic acids is 2. The molecule has 1 aromatic heterocycles. The molecule has 0 aliphatic heterocycles. The van der Waals surface area contributed by atoms with Gasteiger partial charge < -0.3 is 15.1 Å². The third kappa shape index (κ3) is 4.41. The number of nitrogens with one attached hydrogen (secondary N) is 2. The van der Waals surface area contributed by atoms with Gasteiger partial charge in [0.2, 0.25) is 5.91 Å². The first-order valence-corrected chi connectivity index (χ1v) is 10.6. The Balaban J connectivity index is 1.61. The molecule has 6 nitrogen and oxygen atoms in total. The minimum atomic E-state index is -0.497. The number of aryl methyl sites for hydroxylation is 1. The summed E-state index contributed by atoms with van der Waals surface area (Å²) in [5, 5.41) is 5.76. The Morgan fingerprint density at radius 1 is 0.848 bits per heavy atom. The summed E-state index contributed by atoms with van der Waals surface area (Å²) in [6.45, 7) is 5.38. The van der Waals surface area contributed by atoms with Gasteiger partial charge in [0.05, 0.1) is 17.5 Å². The van der Waals surface area contributed by atoms with E-state index < -0.39 is 5.91 Å². The van der Waals surface area contributed by atoms with Crippen LogP contribution in [0.5, 0.6) is 0 Å². The summed E-state index contributed by atoms with van der Waals surface area (Å²) < 4.78 is 6.08. The lowest BCUT2D eigenvalue weighted by Crippen LogP contribution is -2.33. The maximum absolute atomic E-state index is 13.0. The zero-order valence-electron chi connectivity index (χ0n) is 18.7. The fraction of sp³-hybridized carbons (Fsp3) is 0.148. The van der Waals surface area contributed by atoms with E-state index in [1.165, 1.54) is 0 Å². The second-order valence-corrected chi connectivity index (χ2v) is 7.91. The molecule has 0 aliphatic carbocycles. The number of hydrogen-bond donors (Lipinski definition) is 2. The van der Waals surface area contributed by atoms with E-state index in [0.717, 1.165) is 16.7 Å². The van der Waals surface area contributed by atoms with Crippen LogP contribution in [0.4, 0.5) is 5.69 Å². The third-order valence-electron chi connectivity index (χ3n) is 5.71. The van der Waals surface area contributed by atoms with Crippen LogP contribution in [0.25, 0.3) is 22.3 Å². The monoisotopic (exact) mass is 440 g/mol. The SMILES string of the molecule is Cc1cccc(NC(=O)CNC(=O)c2cccc3c(=O)c(C)c(-c4ccccc4)oc23)c1C. The third-order valence-corrected chi connectivity index (χ3v) is 5.71. The van der Waals surface area contributed by atoms with Gasteiger partial charge in [-0.15, -0.1) is 0 Å². The van der Waals surface area contributed by atoms with Gasteiger partial charge in [-0.2, -0.15) is 0 Å². The minimum Gasteiger partial charge on any atom is -0.455 e. The van der Waals surface area contributed by atoms with E-state index in [1.54, 1.807) is 25.1 Å². The molecular formula is C27H24N2O4. The molecule has 0 aliphatic rings. The quantitative estimate of drug-likeness (QED) is 0.469. The minimum absolute atomic E-state index is 0.194. The molecule has 6 heteroatoms. The van der Waals surface area contributed by atoms with Crippen LogP contribution in [0.3, 0.4) is 0 Å². The predicted molar refractivity (Wildman–Crippen MR) is 130 cm³/mol. The molecular weight excluding hydrogens is 416 g/mol. The van der Waals surface area contributed by atoms with Gasteiger partial charge >= 0.3 is 0 Å². The lowest BCUT2D eigenvalue weighted by atomic mass is 10.0. The molecule has 0 radical (unpaired) electrons. The Bertz CT molecular complexity index is 1420. The number of benzene rings is 3. The molecule has 3 aromatic carbocycles. The number of anilines is 1. The molecule has 2 N–H and O–H groups in total. The molecule has 2 amide bonds. The van der Waals surface area contributed by atoms with Crippen LogP contribution in [0.15, 0.2) is 75.9 Å². The van der Waals surface area contributed by atoms with E-state index in [2.05, 4.69) is 10.6 Å². The zero-order chi connectivity index (χ0) is 23.5. The Kier molecular flexibility index (Phi) is 6.09. The van der Waals surface area contributed by atoms with Crippen molar-refractivity contribution in [1.29, 1.82) is 0 Å². The molecule has 0 fully saturated rings.